The molecule has 5 heteroatoms. The molecule has 0 amide bonds. The molecule has 0 unspecified atom stereocenters. The Morgan fingerprint density at radius 1 is 1.14 bits per heavy atom. The number of hydrogen-bond donors (Lipinski definition) is 2. The second-order valence-electron chi connectivity index (χ2n) is 6.07. The minimum atomic E-state index is -0.647. The van der Waals surface area contributed by atoms with Gasteiger partial charge in [-0.2, -0.15) is 13.5 Å². The van der Waals surface area contributed by atoms with Crippen LogP contribution in [-0.4, -0.2) is 22.2 Å². The molecule has 2 rings (SSSR count). The van der Waals surface area contributed by atoms with E-state index < -0.39 is 6.10 Å². The van der Waals surface area contributed by atoms with Gasteiger partial charge in [0.1, 0.15) is 6.10 Å². The van der Waals surface area contributed by atoms with E-state index in [9.17, 15) is 5.11 Å². The monoisotopic (exact) mass is 338 g/mol. The number of benzene rings is 1. The van der Waals surface area contributed by atoms with Crippen molar-refractivity contribution in [2.24, 2.45) is 0 Å². The molecule has 0 spiro atoms. The van der Waals surface area contributed by atoms with Gasteiger partial charge in [-0.05, 0) is 39.0 Å². The number of nitrogens with zero attached hydrogens (tertiary/aromatic N) is 1. The van der Waals surface area contributed by atoms with Crippen LogP contribution in [-0.2, 0) is 0 Å². The van der Waals surface area contributed by atoms with Crippen LogP contribution in [0.4, 0.5) is 0 Å². The van der Waals surface area contributed by atoms with Gasteiger partial charge in [0.25, 0.3) is 0 Å². The molecular weight excluding hydrogens is 316 g/mol. The predicted octanol–water partition coefficient (Wildman–Crippen LogP) is 3.94. The molecule has 0 saturated carbocycles. The largest absolute Gasteiger partial charge is 0.385 e. The van der Waals surface area contributed by atoms with Gasteiger partial charge in [-0.25, -0.2) is 4.98 Å². The van der Waals surface area contributed by atoms with Gasteiger partial charge < -0.3 is 10.4 Å². The maximum absolute atomic E-state index is 10.3. The van der Waals surface area contributed by atoms with E-state index >= 15 is 0 Å². The van der Waals surface area contributed by atoms with Gasteiger partial charge in [-0.15, -0.1) is 0 Å². The summed E-state index contributed by atoms with van der Waals surface area (Å²) >= 11 is 6.20. The SMILES string of the molecule is CC(C)(C)NC[C@H](O)c1cccc(-c2ccccc2Cl)n1.S. The summed E-state index contributed by atoms with van der Waals surface area (Å²) < 4.78 is 0. The van der Waals surface area contributed by atoms with Gasteiger partial charge in [-0.3, -0.25) is 0 Å². The fourth-order valence-electron chi connectivity index (χ4n) is 1.96. The molecule has 1 atom stereocenters. The van der Waals surface area contributed by atoms with E-state index in [0.717, 1.165) is 11.3 Å². The Hall–Kier alpha value is -1.07. The number of aromatic nitrogens is 1. The summed E-state index contributed by atoms with van der Waals surface area (Å²) in [5.74, 6) is 0. The number of pyridine rings is 1. The molecule has 1 heterocycles. The first-order valence-corrected chi connectivity index (χ1v) is 7.39. The molecule has 22 heavy (non-hydrogen) atoms. The van der Waals surface area contributed by atoms with Crippen LogP contribution >= 0.6 is 25.1 Å². The number of rotatable bonds is 4. The minimum Gasteiger partial charge on any atom is -0.385 e. The first-order chi connectivity index (χ1) is 9.87. The Kier molecular flexibility index (Phi) is 6.88. The van der Waals surface area contributed by atoms with Crippen LogP contribution in [0.3, 0.4) is 0 Å². The lowest BCUT2D eigenvalue weighted by atomic mass is 10.1. The molecule has 0 aliphatic heterocycles. The van der Waals surface area contributed by atoms with E-state index in [0.29, 0.717) is 17.3 Å². The summed E-state index contributed by atoms with van der Waals surface area (Å²) in [6.07, 6.45) is -0.647. The third-order valence-corrected chi connectivity index (χ3v) is 3.42. The molecule has 0 radical (unpaired) electrons. The van der Waals surface area contributed by atoms with Crippen LogP contribution in [0.2, 0.25) is 5.02 Å². The van der Waals surface area contributed by atoms with Gasteiger partial charge in [0.2, 0.25) is 0 Å². The number of aliphatic hydroxyl groups is 1. The molecule has 0 bridgehead atoms. The molecule has 0 fully saturated rings. The number of halogens is 1. The van der Waals surface area contributed by atoms with Gasteiger partial charge in [0, 0.05) is 22.7 Å². The lowest BCUT2D eigenvalue weighted by Crippen LogP contribution is -2.38. The minimum absolute atomic E-state index is 0. The Morgan fingerprint density at radius 3 is 2.45 bits per heavy atom. The second-order valence-corrected chi connectivity index (χ2v) is 6.48. The number of β-amino-alcohol motifs (C(OH)–C–C–N with tert-alkyl or cyclic N) is 1. The van der Waals surface area contributed by atoms with Crippen LogP contribution < -0.4 is 5.32 Å². The van der Waals surface area contributed by atoms with Crippen LogP contribution in [0.25, 0.3) is 11.3 Å². The van der Waals surface area contributed by atoms with Crippen molar-refractivity contribution in [3.05, 3.63) is 53.2 Å². The lowest BCUT2D eigenvalue weighted by Gasteiger charge is -2.22. The Labute approximate surface area is 144 Å². The molecule has 2 N–H and O–H groups in total. The van der Waals surface area contributed by atoms with Crippen molar-refractivity contribution < 1.29 is 5.11 Å². The zero-order chi connectivity index (χ0) is 15.5. The fourth-order valence-corrected chi connectivity index (χ4v) is 2.20. The predicted molar refractivity (Wildman–Crippen MR) is 97.8 cm³/mol. The van der Waals surface area contributed by atoms with E-state index in [1.807, 2.05) is 42.5 Å². The molecule has 0 aliphatic rings. The third kappa shape index (κ3) is 5.29. The zero-order valence-corrected chi connectivity index (χ0v) is 14.9. The average molecular weight is 339 g/mol. The zero-order valence-electron chi connectivity index (χ0n) is 13.1. The molecule has 1 aromatic carbocycles. The number of aliphatic hydroxyl groups excluding tert-OH is 1. The van der Waals surface area contributed by atoms with Gasteiger partial charge >= 0.3 is 0 Å². The van der Waals surface area contributed by atoms with Crippen LogP contribution in [0.1, 0.15) is 32.6 Å². The molecule has 1 aromatic heterocycles. The standard InChI is InChI=1S/C17H21ClN2O.H2S/c1-17(2,3)19-11-16(21)15-10-6-9-14(20-15)12-7-4-5-8-13(12)18;/h4-10,16,19,21H,11H2,1-3H3;1H2/t16-;/m0./s1. The highest BCUT2D eigenvalue weighted by Gasteiger charge is 2.15. The Bertz CT molecular complexity index is 614. The van der Waals surface area contributed by atoms with Crippen LogP contribution in [0, 0.1) is 0 Å². The third-order valence-electron chi connectivity index (χ3n) is 3.09. The molecule has 2 aromatic rings. The van der Waals surface area contributed by atoms with E-state index in [4.69, 9.17) is 11.6 Å². The summed E-state index contributed by atoms with van der Waals surface area (Å²) in [7, 11) is 0. The summed E-state index contributed by atoms with van der Waals surface area (Å²) in [4.78, 5) is 4.53. The number of hydrogen-bond acceptors (Lipinski definition) is 3. The van der Waals surface area contributed by atoms with Crippen LogP contribution in [0.15, 0.2) is 42.5 Å². The van der Waals surface area contributed by atoms with Gasteiger partial charge in [0.15, 0.2) is 0 Å². The molecule has 3 nitrogen and oxygen atoms in total. The maximum atomic E-state index is 10.3. The Balaban J connectivity index is 0.00000242. The first kappa shape index (κ1) is 19.0. The van der Waals surface area contributed by atoms with Crippen molar-refractivity contribution in [3.63, 3.8) is 0 Å². The lowest BCUT2D eigenvalue weighted by molar-refractivity contribution is 0.159. The normalized spacial score (nSPS) is 12.6. The van der Waals surface area contributed by atoms with Crippen molar-refractivity contribution in [1.29, 1.82) is 0 Å². The highest BCUT2D eigenvalue weighted by Crippen LogP contribution is 2.26. The van der Waals surface area contributed by atoms with Crippen LogP contribution in [0.5, 0.6) is 0 Å². The van der Waals surface area contributed by atoms with Gasteiger partial charge in [-0.1, -0.05) is 35.9 Å². The van der Waals surface area contributed by atoms with E-state index in [1.54, 1.807) is 0 Å². The smallest absolute Gasteiger partial charge is 0.108 e. The Morgan fingerprint density at radius 2 is 1.82 bits per heavy atom. The van der Waals surface area contributed by atoms with Crippen molar-refractivity contribution >= 4 is 25.1 Å². The summed E-state index contributed by atoms with van der Waals surface area (Å²) in [6, 6.07) is 13.2. The second kappa shape index (κ2) is 7.97. The van der Waals surface area contributed by atoms with Crippen molar-refractivity contribution in [2.45, 2.75) is 32.4 Å². The maximum Gasteiger partial charge on any atom is 0.108 e. The summed E-state index contributed by atoms with van der Waals surface area (Å²) in [6.45, 7) is 6.65. The average Bonchev–Trinajstić information content (AvgIpc) is 2.44. The molecule has 0 aliphatic carbocycles. The summed E-state index contributed by atoms with van der Waals surface area (Å²) in [5, 5.41) is 14.2. The van der Waals surface area contributed by atoms with Crippen molar-refractivity contribution in [3.8, 4) is 11.3 Å². The topological polar surface area (TPSA) is 45.1 Å². The molecular formula is C17H23ClN2OS. The quantitative estimate of drug-likeness (QED) is 0.887. The van der Waals surface area contributed by atoms with Gasteiger partial charge in [0.05, 0.1) is 11.4 Å². The summed E-state index contributed by atoms with van der Waals surface area (Å²) in [5.41, 5.74) is 2.25. The van der Waals surface area contributed by atoms with E-state index in [2.05, 4.69) is 31.1 Å². The first-order valence-electron chi connectivity index (χ1n) is 7.02. The fraction of sp³-hybridized carbons (Fsp3) is 0.353. The van der Waals surface area contributed by atoms with Crippen molar-refractivity contribution in [2.75, 3.05) is 6.54 Å². The molecule has 0 saturated heterocycles. The highest BCUT2D eigenvalue weighted by atomic mass is 35.5. The molecule has 120 valence electrons. The number of nitrogens with one attached hydrogen (secondary N) is 1. The highest BCUT2D eigenvalue weighted by molar-refractivity contribution is 7.59. The van der Waals surface area contributed by atoms with Crippen molar-refractivity contribution in [1.82, 2.24) is 10.3 Å². The van der Waals surface area contributed by atoms with E-state index in [-0.39, 0.29) is 19.0 Å². The van der Waals surface area contributed by atoms with E-state index in [1.165, 1.54) is 0 Å².